The van der Waals surface area contributed by atoms with Crippen molar-refractivity contribution in [3.8, 4) is 6.07 Å². The summed E-state index contributed by atoms with van der Waals surface area (Å²) >= 11 is 6.31. The Labute approximate surface area is 200 Å². The number of hydrogen-bond acceptors (Lipinski definition) is 8. The van der Waals surface area contributed by atoms with Gasteiger partial charge >= 0.3 is 6.09 Å². The van der Waals surface area contributed by atoms with E-state index in [0.29, 0.717) is 24.2 Å². The fourth-order valence-corrected chi connectivity index (χ4v) is 3.89. The number of benzene rings is 1. The van der Waals surface area contributed by atoms with Crippen LogP contribution in [0.5, 0.6) is 0 Å². The highest BCUT2D eigenvalue weighted by molar-refractivity contribution is 6.35. The van der Waals surface area contributed by atoms with E-state index < -0.39 is 12.1 Å². The molecule has 12 heteroatoms. The van der Waals surface area contributed by atoms with Gasteiger partial charge in [-0.15, -0.1) is 0 Å². The molecule has 0 aliphatic carbocycles. The number of rotatable bonds is 9. The van der Waals surface area contributed by atoms with Crippen molar-refractivity contribution in [2.75, 3.05) is 17.6 Å². The standard InChI is InChI=1S/C22H25ClN8O3/c1-12(2)9-16(29-19-13(10-24)18(25)27-11-28-19)20-30-15-6-3-5-14(23)17(15)21(32)31(20)8-4-7-26-22(33)34/h3,5-6,11-12,16,26H,4,7-9H2,1-2H3,(H,33,34)(H3,25,27,28,29). The number of nitrogen functional groups attached to an aromatic ring is 1. The van der Waals surface area contributed by atoms with Crippen molar-refractivity contribution in [3.05, 3.63) is 51.3 Å². The van der Waals surface area contributed by atoms with Crippen molar-refractivity contribution in [2.24, 2.45) is 5.92 Å². The third-order valence-corrected chi connectivity index (χ3v) is 5.43. The molecule has 0 bridgehead atoms. The second-order valence-electron chi connectivity index (χ2n) is 8.07. The summed E-state index contributed by atoms with van der Waals surface area (Å²) in [5.74, 6) is 0.889. The number of amides is 1. The van der Waals surface area contributed by atoms with E-state index in [1.54, 1.807) is 18.2 Å². The summed E-state index contributed by atoms with van der Waals surface area (Å²) in [6.45, 7) is 4.40. The van der Waals surface area contributed by atoms with Gasteiger partial charge < -0.3 is 21.5 Å². The molecule has 0 aliphatic heterocycles. The number of halogens is 1. The van der Waals surface area contributed by atoms with Crippen LogP contribution in [-0.2, 0) is 6.54 Å². The molecule has 178 valence electrons. The molecule has 5 N–H and O–H groups in total. The van der Waals surface area contributed by atoms with Crippen molar-refractivity contribution in [1.82, 2.24) is 24.8 Å². The molecule has 0 aliphatic rings. The Balaban J connectivity index is 2.14. The van der Waals surface area contributed by atoms with Crippen molar-refractivity contribution >= 4 is 40.2 Å². The van der Waals surface area contributed by atoms with Gasteiger partial charge in [0.2, 0.25) is 0 Å². The van der Waals surface area contributed by atoms with E-state index in [1.807, 2.05) is 19.9 Å². The van der Waals surface area contributed by atoms with Crippen LogP contribution >= 0.6 is 11.6 Å². The van der Waals surface area contributed by atoms with Crippen molar-refractivity contribution in [1.29, 1.82) is 5.26 Å². The lowest BCUT2D eigenvalue weighted by molar-refractivity contribution is 0.194. The smallest absolute Gasteiger partial charge is 0.404 e. The summed E-state index contributed by atoms with van der Waals surface area (Å²) < 4.78 is 1.49. The van der Waals surface area contributed by atoms with Gasteiger partial charge in [-0.2, -0.15) is 5.26 Å². The molecule has 1 unspecified atom stereocenters. The SMILES string of the molecule is CC(C)CC(Nc1ncnc(N)c1C#N)c1nc2cccc(Cl)c2c(=O)n1CCCNC(=O)O. The molecule has 2 aromatic heterocycles. The van der Waals surface area contributed by atoms with E-state index in [2.05, 4.69) is 20.6 Å². The van der Waals surface area contributed by atoms with Crippen LogP contribution < -0.4 is 21.9 Å². The number of nitriles is 1. The Kier molecular flexibility index (Phi) is 7.86. The number of anilines is 2. The summed E-state index contributed by atoms with van der Waals surface area (Å²) in [6.07, 6.45) is 1.02. The average Bonchev–Trinajstić information content (AvgIpc) is 2.77. The van der Waals surface area contributed by atoms with Gasteiger partial charge in [0.05, 0.1) is 22.0 Å². The fourth-order valence-electron chi connectivity index (χ4n) is 3.64. The van der Waals surface area contributed by atoms with Gasteiger partial charge in [0.25, 0.3) is 5.56 Å². The van der Waals surface area contributed by atoms with Crippen LogP contribution in [0, 0.1) is 17.2 Å². The molecular formula is C22H25ClN8O3. The van der Waals surface area contributed by atoms with E-state index in [1.165, 1.54) is 10.9 Å². The monoisotopic (exact) mass is 484 g/mol. The van der Waals surface area contributed by atoms with Crippen LogP contribution in [0.1, 0.15) is 44.1 Å². The van der Waals surface area contributed by atoms with Crippen LogP contribution in [0.3, 0.4) is 0 Å². The Morgan fingerprint density at radius 1 is 1.35 bits per heavy atom. The lowest BCUT2D eigenvalue weighted by atomic mass is 10.0. The van der Waals surface area contributed by atoms with Crippen LogP contribution in [0.4, 0.5) is 16.4 Å². The zero-order valence-electron chi connectivity index (χ0n) is 18.7. The summed E-state index contributed by atoms with van der Waals surface area (Å²) in [5, 5.41) is 24.5. The predicted molar refractivity (Wildman–Crippen MR) is 129 cm³/mol. The van der Waals surface area contributed by atoms with Gasteiger partial charge in [-0.1, -0.05) is 31.5 Å². The first-order valence-corrected chi connectivity index (χ1v) is 11.0. The maximum atomic E-state index is 13.5. The summed E-state index contributed by atoms with van der Waals surface area (Å²) in [6, 6.07) is 6.54. The summed E-state index contributed by atoms with van der Waals surface area (Å²) in [5.41, 5.74) is 6.04. The van der Waals surface area contributed by atoms with E-state index in [-0.39, 0.29) is 52.2 Å². The Morgan fingerprint density at radius 2 is 2.12 bits per heavy atom. The second-order valence-corrected chi connectivity index (χ2v) is 8.47. The first-order valence-electron chi connectivity index (χ1n) is 10.7. The van der Waals surface area contributed by atoms with Gasteiger partial charge in [-0.25, -0.2) is 19.7 Å². The predicted octanol–water partition coefficient (Wildman–Crippen LogP) is 3.15. The van der Waals surface area contributed by atoms with Gasteiger partial charge in [-0.05, 0) is 30.9 Å². The molecule has 2 heterocycles. The van der Waals surface area contributed by atoms with Crippen LogP contribution in [0.15, 0.2) is 29.3 Å². The maximum absolute atomic E-state index is 13.5. The molecule has 0 fully saturated rings. The van der Waals surface area contributed by atoms with E-state index in [4.69, 9.17) is 27.4 Å². The molecule has 1 atom stereocenters. The van der Waals surface area contributed by atoms with E-state index in [9.17, 15) is 14.9 Å². The Hall–Kier alpha value is -3.91. The van der Waals surface area contributed by atoms with Gasteiger partial charge in [-0.3, -0.25) is 9.36 Å². The number of nitrogens with one attached hydrogen (secondary N) is 2. The highest BCUT2D eigenvalue weighted by Crippen LogP contribution is 2.28. The molecule has 0 spiro atoms. The minimum Gasteiger partial charge on any atom is -0.465 e. The van der Waals surface area contributed by atoms with Gasteiger partial charge in [0.15, 0.2) is 0 Å². The van der Waals surface area contributed by atoms with Crippen LogP contribution in [-0.4, -0.2) is 37.3 Å². The van der Waals surface area contributed by atoms with E-state index in [0.717, 1.165) is 0 Å². The third-order valence-electron chi connectivity index (χ3n) is 5.12. The lowest BCUT2D eigenvalue weighted by Crippen LogP contribution is -2.32. The molecule has 0 saturated heterocycles. The maximum Gasteiger partial charge on any atom is 0.404 e. The largest absolute Gasteiger partial charge is 0.465 e. The molecule has 1 amide bonds. The van der Waals surface area contributed by atoms with Crippen LogP contribution in [0.25, 0.3) is 10.9 Å². The van der Waals surface area contributed by atoms with Crippen molar-refractivity contribution < 1.29 is 9.90 Å². The molecule has 11 nitrogen and oxygen atoms in total. The number of nitrogens with two attached hydrogens (primary N) is 1. The normalized spacial score (nSPS) is 11.9. The quantitative estimate of drug-likeness (QED) is 0.333. The molecule has 1 aromatic carbocycles. The number of fused-ring (bicyclic) bond motifs is 1. The molecule has 0 radical (unpaired) electrons. The molecule has 3 rings (SSSR count). The number of nitrogens with zero attached hydrogens (tertiary/aromatic N) is 5. The Morgan fingerprint density at radius 3 is 2.79 bits per heavy atom. The van der Waals surface area contributed by atoms with Crippen molar-refractivity contribution in [3.63, 3.8) is 0 Å². The number of hydrogen-bond donors (Lipinski definition) is 4. The third kappa shape index (κ3) is 5.52. The molecular weight excluding hydrogens is 460 g/mol. The van der Waals surface area contributed by atoms with Crippen LogP contribution in [0.2, 0.25) is 5.02 Å². The van der Waals surface area contributed by atoms with Gasteiger partial charge in [0.1, 0.15) is 35.4 Å². The molecule has 0 saturated carbocycles. The summed E-state index contributed by atoms with van der Waals surface area (Å²) in [7, 11) is 0. The molecule has 3 aromatic rings. The minimum atomic E-state index is -1.14. The number of aromatic nitrogens is 4. The summed E-state index contributed by atoms with van der Waals surface area (Å²) in [4.78, 5) is 37.1. The zero-order chi connectivity index (χ0) is 24.8. The van der Waals surface area contributed by atoms with E-state index >= 15 is 0 Å². The fraction of sp³-hybridized carbons (Fsp3) is 0.364. The topological polar surface area (TPSA) is 172 Å². The number of carbonyl (C=O) groups is 1. The van der Waals surface area contributed by atoms with Gasteiger partial charge in [0, 0.05) is 13.1 Å². The first kappa shape index (κ1) is 24.7. The molecule has 34 heavy (non-hydrogen) atoms. The highest BCUT2D eigenvalue weighted by atomic mass is 35.5. The highest BCUT2D eigenvalue weighted by Gasteiger charge is 2.24. The number of carboxylic acid groups (broad SMARTS) is 1. The minimum absolute atomic E-state index is 0.0404. The lowest BCUT2D eigenvalue weighted by Gasteiger charge is -2.25. The average molecular weight is 485 g/mol. The van der Waals surface area contributed by atoms with Crippen molar-refractivity contribution in [2.45, 2.75) is 39.3 Å². The zero-order valence-corrected chi connectivity index (χ0v) is 19.5. The second kappa shape index (κ2) is 10.8. The Bertz CT molecular complexity index is 1300. The first-order chi connectivity index (χ1) is 16.2.